The Morgan fingerprint density at radius 2 is 1.81 bits per heavy atom. The van der Waals surface area contributed by atoms with Gasteiger partial charge in [-0.15, -0.1) is 0 Å². The minimum absolute atomic E-state index is 1.23. The molecule has 1 heterocycles. The van der Waals surface area contributed by atoms with E-state index >= 15 is 0 Å². The van der Waals surface area contributed by atoms with Crippen molar-refractivity contribution in [3.8, 4) is 0 Å². The summed E-state index contributed by atoms with van der Waals surface area (Å²) in [7, 11) is 0. The average Bonchev–Trinajstić information content (AvgIpc) is 2.57. The number of H-pyrrole nitrogens is 1. The standard InChI is InChI=1S/C14H12IN/c1-8-5-9(2)14-12(6-8)11-7-10(15)3-4-13(11)16-14/h3-7,16H,1-2H3. The smallest absolute Gasteiger partial charge is 0.0494 e. The van der Waals surface area contributed by atoms with Gasteiger partial charge >= 0.3 is 0 Å². The summed E-state index contributed by atoms with van der Waals surface area (Å²) in [5, 5.41) is 2.67. The maximum Gasteiger partial charge on any atom is 0.0494 e. The predicted molar refractivity (Wildman–Crippen MR) is 78.0 cm³/mol. The zero-order chi connectivity index (χ0) is 11.3. The van der Waals surface area contributed by atoms with E-state index in [1.165, 1.54) is 36.5 Å². The quantitative estimate of drug-likeness (QED) is 0.585. The second kappa shape index (κ2) is 3.48. The van der Waals surface area contributed by atoms with Crippen LogP contribution in [-0.4, -0.2) is 4.98 Å². The van der Waals surface area contributed by atoms with E-state index in [-0.39, 0.29) is 0 Å². The Kier molecular flexibility index (Phi) is 2.21. The lowest BCUT2D eigenvalue weighted by Crippen LogP contribution is -1.78. The molecule has 0 saturated carbocycles. The third-order valence-electron chi connectivity index (χ3n) is 3.01. The molecule has 0 amide bonds. The number of fused-ring (bicyclic) bond motifs is 3. The summed E-state index contributed by atoms with van der Waals surface area (Å²) in [4.78, 5) is 3.50. The van der Waals surface area contributed by atoms with Crippen LogP contribution in [0.25, 0.3) is 21.8 Å². The highest BCUT2D eigenvalue weighted by Gasteiger charge is 2.06. The summed E-state index contributed by atoms with van der Waals surface area (Å²) in [5.41, 5.74) is 5.14. The first-order chi connectivity index (χ1) is 7.65. The van der Waals surface area contributed by atoms with Gasteiger partial charge in [0.1, 0.15) is 0 Å². The Bertz CT molecular complexity index is 695. The summed E-state index contributed by atoms with van der Waals surface area (Å²) in [6.07, 6.45) is 0. The van der Waals surface area contributed by atoms with E-state index in [4.69, 9.17) is 0 Å². The third kappa shape index (κ3) is 1.44. The summed E-state index contributed by atoms with van der Waals surface area (Å²) >= 11 is 2.36. The molecule has 0 atom stereocenters. The maximum atomic E-state index is 3.50. The summed E-state index contributed by atoms with van der Waals surface area (Å²) < 4.78 is 1.28. The van der Waals surface area contributed by atoms with Gasteiger partial charge in [0.15, 0.2) is 0 Å². The molecule has 0 aliphatic carbocycles. The van der Waals surface area contributed by atoms with Crippen molar-refractivity contribution in [1.29, 1.82) is 0 Å². The van der Waals surface area contributed by atoms with E-state index in [0.29, 0.717) is 0 Å². The molecular weight excluding hydrogens is 309 g/mol. The molecule has 1 N–H and O–H groups in total. The molecule has 16 heavy (non-hydrogen) atoms. The van der Waals surface area contributed by atoms with Crippen molar-refractivity contribution in [1.82, 2.24) is 4.98 Å². The van der Waals surface area contributed by atoms with Crippen LogP contribution in [0.15, 0.2) is 30.3 Å². The van der Waals surface area contributed by atoms with Crippen molar-refractivity contribution in [3.05, 3.63) is 45.0 Å². The normalized spacial score (nSPS) is 11.4. The number of hydrogen-bond acceptors (Lipinski definition) is 0. The van der Waals surface area contributed by atoms with Crippen LogP contribution >= 0.6 is 22.6 Å². The maximum absolute atomic E-state index is 3.50. The number of aryl methyl sites for hydroxylation is 2. The lowest BCUT2D eigenvalue weighted by molar-refractivity contribution is 1.40. The topological polar surface area (TPSA) is 15.8 Å². The van der Waals surface area contributed by atoms with Gasteiger partial charge in [-0.05, 0) is 66.3 Å². The van der Waals surface area contributed by atoms with Gasteiger partial charge in [0.2, 0.25) is 0 Å². The molecule has 1 aromatic heterocycles. The highest BCUT2D eigenvalue weighted by atomic mass is 127. The molecule has 0 bridgehead atoms. The zero-order valence-electron chi connectivity index (χ0n) is 9.26. The van der Waals surface area contributed by atoms with Gasteiger partial charge in [0.05, 0.1) is 0 Å². The van der Waals surface area contributed by atoms with E-state index < -0.39 is 0 Å². The summed E-state index contributed by atoms with van der Waals surface area (Å²) in [5.74, 6) is 0. The molecule has 0 aliphatic rings. The lowest BCUT2D eigenvalue weighted by Gasteiger charge is -1.98. The molecule has 0 saturated heterocycles. The van der Waals surface area contributed by atoms with Crippen LogP contribution in [0, 0.1) is 17.4 Å². The van der Waals surface area contributed by atoms with Crippen LogP contribution < -0.4 is 0 Å². The number of hydrogen-bond donors (Lipinski definition) is 1. The first-order valence-electron chi connectivity index (χ1n) is 5.33. The fourth-order valence-electron chi connectivity index (χ4n) is 2.33. The Morgan fingerprint density at radius 3 is 2.62 bits per heavy atom. The van der Waals surface area contributed by atoms with Crippen LogP contribution in [0.5, 0.6) is 0 Å². The molecular formula is C14H12IN. The molecule has 3 aromatic rings. The molecule has 0 spiro atoms. The van der Waals surface area contributed by atoms with E-state index in [1.54, 1.807) is 0 Å². The molecule has 0 unspecified atom stereocenters. The molecule has 0 radical (unpaired) electrons. The fraction of sp³-hybridized carbons (Fsp3) is 0.143. The number of aromatic nitrogens is 1. The van der Waals surface area contributed by atoms with E-state index in [1.807, 2.05) is 0 Å². The van der Waals surface area contributed by atoms with Gasteiger partial charge in [0, 0.05) is 25.4 Å². The first-order valence-corrected chi connectivity index (χ1v) is 6.41. The highest BCUT2D eigenvalue weighted by molar-refractivity contribution is 14.1. The molecule has 0 fully saturated rings. The lowest BCUT2D eigenvalue weighted by atomic mass is 10.1. The Labute approximate surface area is 108 Å². The van der Waals surface area contributed by atoms with Gasteiger partial charge in [-0.2, -0.15) is 0 Å². The number of halogens is 1. The van der Waals surface area contributed by atoms with Crippen molar-refractivity contribution in [2.24, 2.45) is 0 Å². The van der Waals surface area contributed by atoms with Crippen LogP contribution in [0.2, 0.25) is 0 Å². The fourth-order valence-corrected chi connectivity index (χ4v) is 2.82. The average molecular weight is 321 g/mol. The van der Waals surface area contributed by atoms with Gasteiger partial charge in [-0.1, -0.05) is 11.6 Å². The van der Waals surface area contributed by atoms with Crippen molar-refractivity contribution in [3.63, 3.8) is 0 Å². The van der Waals surface area contributed by atoms with Gasteiger partial charge in [-0.25, -0.2) is 0 Å². The van der Waals surface area contributed by atoms with Crippen molar-refractivity contribution >= 4 is 44.4 Å². The van der Waals surface area contributed by atoms with Crippen LogP contribution in [0.1, 0.15) is 11.1 Å². The number of aromatic amines is 1. The second-order valence-electron chi connectivity index (χ2n) is 4.32. The first kappa shape index (κ1) is 10.1. The molecule has 3 rings (SSSR count). The zero-order valence-corrected chi connectivity index (χ0v) is 11.4. The number of rotatable bonds is 0. The van der Waals surface area contributed by atoms with Crippen LogP contribution in [-0.2, 0) is 0 Å². The van der Waals surface area contributed by atoms with E-state index in [0.717, 1.165) is 0 Å². The monoisotopic (exact) mass is 321 g/mol. The van der Waals surface area contributed by atoms with Crippen LogP contribution in [0.4, 0.5) is 0 Å². The molecule has 80 valence electrons. The SMILES string of the molecule is Cc1cc(C)c2[nH]c3ccc(I)cc3c2c1. The molecule has 2 heteroatoms. The third-order valence-corrected chi connectivity index (χ3v) is 3.68. The Morgan fingerprint density at radius 1 is 1.00 bits per heavy atom. The van der Waals surface area contributed by atoms with Crippen molar-refractivity contribution in [2.45, 2.75) is 13.8 Å². The van der Waals surface area contributed by atoms with Crippen LogP contribution in [0.3, 0.4) is 0 Å². The van der Waals surface area contributed by atoms with Gasteiger partial charge in [-0.3, -0.25) is 0 Å². The van der Waals surface area contributed by atoms with E-state index in [9.17, 15) is 0 Å². The van der Waals surface area contributed by atoms with Crippen molar-refractivity contribution in [2.75, 3.05) is 0 Å². The van der Waals surface area contributed by atoms with E-state index in [2.05, 4.69) is 71.8 Å². The number of benzene rings is 2. The Balaban J connectivity index is 2.57. The van der Waals surface area contributed by atoms with Gasteiger partial charge in [0.25, 0.3) is 0 Å². The summed E-state index contributed by atoms with van der Waals surface area (Å²) in [6, 6.07) is 11.0. The largest absolute Gasteiger partial charge is 0.354 e. The van der Waals surface area contributed by atoms with Gasteiger partial charge < -0.3 is 4.98 Å². The summed E-state index contributed by atoms with van der Waals surface area (Å²) in [6.45, 7) is 4.31. The molecule has 1 nitrogen and oxygen atoms in total. The van der Waals surface area contributed by atoms with Crippen molar-refractivity contribution < 1.29 is 0 Å². The second-order valence-corrected chi connectivity index (χ2v) is 5.56. The number of nitrogens with one attached hydrogen (secondary N) is 1. The Hall–Kier alpha value is -1.03. The predicted octanol–water partition coefficient (Wildman–Crippen LogP) is 4.54. The minimum Gasteiger partial charge on any atom is -0.354 e. The minimum atomic E-state index is 1.23. The molecule has 2 aromatic carbocycles. The highest BCUT2D eigenvalue weighted by Crippen LogP contribution is 2.29. The molecule has 0 aliphatic heterocycles.